The Bertz CT molecular complexity index is 373. The molecule has 0 saturated carbocycles. The van der Waals surface area contributed by atoms with Gasteiger partial charge in [-0.3, -0.25) is 8.98 Å². The fraction of sp³-hybridized carbons (Fsp3) is 0.786. The minimum absolute atomic E-state index is 0.0339. The molecule has 0 bridgehead atoms. The monoisotopic (exact) mass is 306 g/mol. The molecule has 0 aromatic carbocycles. The van der Waals surface area contributed by atoms with Crippen molar-refractivity contribution in [3.05, 3.63) is 12.2 Å². The summed E-state index contributed by atoms with van der Waals surface area (Å²) in [4.78, 5) is 11.3. The van der Waals surface area contributed by atoms with E-state index in [1.807, 2.05) is 0 Å². The van der Waals surface area contributed by atoms with Crippen LogP contribution in [0.1, 0.15) is 51.9 Å². The van der Waals surface area contributed by atoms with E-state index in [1.165, 1.54) is 31.8 Å². The standard InChI is InChI=1S/C14H26O5S/c1-3-4-5-6-7-8-11-14(15)18-12-9-10-13-19-20(2,16)17/h9-10H,3-8,11-13H2,1-2H3. The number of rotatable bonds is 12. The smallest absolute Gasteiger partial charge is 0.306 e. The minimum atomic E-state index is -3.41. The van der Waals surface area contributed by atoms with Gasteiger partial charge in [-0.2, -0.15) is 8.42 Å². The van der Waals surface area contributed by atoms with Gasteiger partial charge in [-0.25, -0.2) is 0 Å². The van der Waals surface area contributed by atoms with Gasteiger partial charge in [0.25, 0.3) is 10.1 Å². The van der Waals surface area contributed by atoms with Crippen molar-refractivity contribution in [2.75, 3.05) is 19.5 Å². The van der Waals surface area contributed by atoms with Gasteiger partial charge in [-0.1, -0.05) is 45.1 Å². The van der Waals surface area contributed by atoms with E-state index >= 15 is 0 Å². The second-order valence-electron chi connectivity index (χ2n) is 4.66. The fourth-order valence-corrected chi connectivity index (χ4v) is 1.89. The van der Waals surface area contributed by atoms with Crippen LogP contribution in [0, 0.1) is 0 Å². The van der Waals surface area contributed by atoms with Crippen LogP contribution < -0.4 is 0 Å². The predicted octanol–water partition coefficient (Wildman–Crippen LogP) is 2.81. The van der Waals surface area contributed by atoms with Crippen LogP contribution in [0.5, 0.6) is 0 Å². The molecular formula is C14H26O5S. The van der Waals surface area contributed by atoms with Crippen LogP contribution in [-0.4, -0.2) is 33.9 Å². The number of hydrogen-bond donors (Lipinski definition) is 0. The lowest BCUT2D eigenvalue weighted by atomic mass is 10.1. The van der Waals surface area contributed by atoms with Crippen molar-refractivity contribution in [2.45, 2.75) is 51.9 Å². The highest BCUT2D eigenvalue weighted by molar-refractivity contribution is 7.85. The Balaban J connectivity index is 3.42. The average Bonchev–Trinajstić information content (AvgIpc) is 2.36. The van der Waals surface area contributed by atoms with Gasteiger partial charge in [-0.15, -0.1) is 0 Å². The molecule has 0 atom stereocenters. The summed E-state index contributed by atoms with van der Waals surface area (Å²) in [5.74, 6) is -0.214. The van der Waals surface area contributed by atoms with Crippen LogP contribution in [0.3, 0.4) is 0 Å². The Kier molecular flexibility index (Phi) is 11.4. The van der Waals surface area contributed by atoms with E-state index in [4.69, 9.17) is 4.74 Å². The van der Waals surface area contributed by atoms with Crippen molar-refractivity contribution in [1.82, 2.24) is 0 Å². The van der Waals surface area contributed by atoms with E-state index in [9.17, 15) is 13.2 Å². The molecule has 0 rings (SSSR count). The van der Waals surface area contributed by atoms with Crippen molar-refractivity contribution in [1.29, 1.82) is 0 Å². The number of ether oxygens (including phenoxy) is 1. The largest absolute Gasteiger partial charge is 0.461 e. The third kappa shape index (κ3) is 15.2. The minimum Gasteiger partial charge on any atom is -0.461 e. The molecule has 0 spiro atoms. The molecule has 0 radical (unpaired) electrons. The summed E-state index contributed by atoms with van der Waals surface area (Å²) in [6.07, 6.45) is 11.3. The van der Waals surface area contributed by atoms with Crippen molar-refractivity contribution >= 4 is 16.1 Å². The highest BCUT2D eigenvalue weighted by Gasteiger charge is 2.01. The Morgan fingerprint density at radius 2 is 1.60 bits per heavy atom. The zero-order chi connectivity index (χ0) is 15.3. The molecule has 0 amide bonds. The van der Waals surface area contributed by atoms with Gasteiger partial charge in [-0.05, 0) is 12.5 Å². The molecule has 20 heavy (non-hydrogen) atoms. The van der Waals surface area contributed by atoms with Crippen molar-refractivity contribution in [3.63, 3.8) is 0 Å². The summed E-state index contributed by atoms with van der Waals surface area (Å²) in [5, 5.41) is 0. The van der Waals surface area contributed by atoms with E-state index in [2.05, 4.69) is 11.1 Å². The second kappa shape index (κ2) is 11.9. The van der Waals surface area contributed by atoms with Gasteiger partial charge in [0.15, 0.2) is 0 Å². The highest BCUT2D eigenvalue weighted by Crippen LogP contribution is 2.07. The molecule has 0 aliphatic heterocycles. The first-order chi connectivity index (χ1) is 9.45. The van der Waals surface area contributed by atoms with Crippen LogP contribution in [0.2, 0.25) is 0 Å². The normalized spacial score (nSPS) is 11.9. The van der Waals surface area contributed by atoms with Gasteiger partial charge >= 0.3 is 5.97 Å². The fourth-order valence-electron chi connectivity index (χ4n) is 1.56. The van der Waals surface area contributed by atoms with Gasteiger partial charge in [0.2, 0.25) is 0 Å². The first kappa shape index (κ1) is 19.1. The maximum atomic E-state index is 11.3. The third-order valence-electron chi connectivity index (χ3n) is 2.62. The molecule has 0 aliphatic rings. The Labute approximate surface area is 122 Å². The van der Waals surface area contributed by atoms with Gasteiger partial charge in [0.1, 0.15) is 6.61 Å². The first-order valence-electron chi connectivity index (χ1n) is 7.10. The summed E-state index contributed by atoms with van der Waals surface area (Å²) in [7, 11) is -3.41. The number of carbonyl (C=O) groups excluding carboxylic acids is 1. The van der Waals surface area contributed by atoms with E-state index in [0.29, 0.717) is 6.42 Å². The van der Waals surface area contributed by atoms with E-state index in [0.717, 1.165) is 19.1 Å². The molecular weight excluding hydrogens is 280 g/mol. The average molecular weight is 306 g/mol. The maximum Gasteiger partial charge on any atom is 0.306 e. The molecule has 0 fully saturated rings. The quantitative estimate of drug-likeness (QED) is 0.240. The van der Waals surface area contributed by atoms with E-state index in [1.54, 1.807) is 6.08 Å². The molecule has 6 heteroatoms. The molecule has 118 valence electrons. The van der Waals surface area contributed by atoms with Gasteiger partial charge in [0.05, 0.1) is 12.9 Å². The Hall–Kier alpha value is -0.880. The van der Waals surface area contributed by atoms with Gasteiger partial charge < -0.3 is 4.74 Å². The zero-order valence-electron chi connectivity index (χ0n) is 12.5. The second-order valence-corrected chi connectivity index (χ2v) is 6.30. The van der Waals surface area contributed by atoms with Crippen LogP contribution in [-0.2, 0) is 23.8 Å². The van der Waals surface area contributed by atoms with Crippen molar-refractivity contribution in [2.24, 2.45) is 0 Å². The molecule has 5 nitrogen and oxygen atoms in total. The molecule has 0 saturated heterocycles. The summed E-state index contributed by atoms with van der Waals surface area (Å²) >= 11 is 0. The van der Waals surface area contributed by atoms with Crippen LogP contribution >= 0.6 is 0 Å². The Morgan fingerprint density at radius 3 is 2.25 bits per heavy atom. The van der Waals surface area contributed by atoms with Crippen molar-refractivity contribution < 1.29 is 22.1 Å². The van der Waals surface area contributed by atoms with Crippen molar-refractivity contribution in [3.8, 4) is 0 Å². The maximum absolute atomic E-state index is 11.3. The van der Waals surface area contributed by atoms with Crippen LogP contribution in [0.25, 0.3) is 0 Å². The molecule has 0 aromatic heterocycles. The summed E-state index contributed by atoms with van der Waals surface area (Å²) < 4.78 is 30.8. The SMILES string of the molecule is CCCCCCCCC(=O)OCC=CCOS(C)(=O)=O. The predicted molar refractivity (Wildman–Crippen MR) is 78.9 cm³/mol. The summed E-state index contributed by atoms with van der Waals surface area (Å²) in [5.41, 5.74) is 0. The number of hydrogen-bond acceptors (Lipinski definition) is 5. The number of unbranched alkanes of at least 4 members (excludes halogenated alkanes) is 5. The summed E-state index contributed by atoms with van der Waals surface area (Å²) in [6.45, 7) is 2.29. The first-order valence-corrected chi connectivity index (χ1v) is 8.92. The lowest BCUT2D eigenvalue weighted by Crippen LogP contribution is -2.05. The van der Waals surface area contributed by atoms with E-state index < -0.39 is 10.1 Å². The molecule has 0 heterocycles. The molecule has 0 N–H and O–H groups in total. The lowest BCUT2D eigenvalue weighted by molar-refractivity contribution is -0.142. The number of carbonyl (C=O) groups is 1. The van der Waals surface area contributed by atoms with Crippen LogP contribution in [0.4, 0.5) is 0 Å². The Morgan fingerprint density at radius 1 is 1.00 bits per heavy atom. The van der Waals surface area contributed by atoms with Crippen LogP contribution in [0.15, 0.2) is 12.2 Å². The topological polar surface area (TPSA) is 69.7 Å². The lowest BCUT2D eigenvalue weighted by Gasteiger charge is -2.02. The molecule has 0 aromatic rings. The highest BCUT2D eigenvalue weighted by atomic mass is 32.2. The zero-order valence-corrected chi connectivity index (χ0v) is 13.3. The molecule has 0 unspecified atom stereocenters. The molecule has 0 aliphatic carbocycles. The number of esters is 1. The van der Waals surface area contributed by atoms with Gasteiger partial charge in [0, 0.05) is 6.42 Å². The third-order valence-corrected chi connectivity index (χ3v) is 3.18. The van der Waals surface area contributed by atoms with E-state index in [-0.39, 0.29) is 19.2 Å². The summed E-state index contributed by atoms with van der Waals surface area (Å²) in [6, 6.07) is 0.